The molecular weight excluding hydrogens is 389 g/mol. The number of benzene rings is 1. The Morgan fingerprint density at radius 3 is 2.32 bits per heavy atom. The third-order valence-electron chi connectivity index (χ3n) is 3.83. The van der Waals surface area contributed by atoms with Gasteiger partial charge in [0.2, 0.25) is 0 Å². The van der Waals surface area contributed by atoms with Crippen LogP contribution >= 0.6 is 11.8 Å². The van der Waals surface area contributed by atoms with Crippen LogP contribution in [0.15, 0.2) is 60.1 Å². The highest BCUT2D eigenvalue weighted by atomic mass is 32.2. The Labute approximate surface area is 163 Å². The second kappa shape index (κ2) is 8.39. The van der Waals surface area contributed by atoms with E-state index in [0.717, 1.165) is 29.1 Å². The molecule has 0 unspecified atom stereocenters. The van der Waals surface area contributed by atoms with E-state index in [2.05, 4.69) is 20.3 Å². The first-order valence-corrected chi connectivity index (χ1v) is 9.36. The van der Waals surface area contributed by atoms with Crippen molar-refractivity contribution in [1.29, 1.82) is 0 Å². The number of pyridine rings is 1. The Hall–Kier alpha value is -2.94. The van der Waals surface area contributed by atoms with E-state index in [4.69, 9.17) is 0 Å². The van der Waals surface area contributed by atoms with Gasteiger partial charge in [0.25, 0.3) is 5.91 Å². The molecule has 0 saturated heterocycles. The first-order valence-electron chi connectivity index (χ1n) is 8.14. The molecule has 2 heterocycles. The van der Waals surface area contributed by atoms with E-state index < -0.39 is 23.3 Å². The fourth-order valence-corrected chi connectivity index (χ4v) is 2.83. The molecule has 5 nitrogen and oxygen atoms in total. The number of nitrogens with zero attached hydrogens (tertiary/aromatic N) is 3. The number of hydrogen-bond donors (Lipinski definition) is 1. The van der Waals surface area contributed by atoms with Crippen molar-refractivity contribution in [3.63, 3.8) is 0 Å². The predicted molar refractivity (Wildman–Crippen MR) is 100 cm³/mol. The number of thioether (sulfide) groups is 1. The molecule has 1 aromatic carbocycles. The van der Waals surface area contributed by atoms with Gasteiger partial charge in [-0.2, -0.15) is 13.2 Å². The standard InChI is InChI=1S/C19H15F3N4OS/c1-28-18-24-11-15(16(26-18)19(20,21)22)17(27)25-14-4-2-12(3-5-14)10-13-6-8-23-9-7-13/h2-9,11H,10H2,1H3,(H,25,27). The second-order valence-corrected chi connectivity index (χ2v) is 6.57. The monoisotopic (exact) mass is 404 g/mol. The molecule has 0 aliphatic carbocycles. The van der Waals surface area contributed by atoms with Crippen molar-refractivity contribution in [2.24, 2.45) is 0 Å². The summed E-state index contributed by atoms with van der Waals surface area (Å²) in [6.07, 6.45) is 1.78. The second-order valence-electron chi connectivity index (χ2n) is 5.80. The fourth-order valence-electron chi connectivity index (χ4n) is 2.49. The van der Waals surface area contributed by atoms with Gasteiger partial charge in [0.1, 0.15) is 0 Å². The van der Waals surface area contributed by atoms with Crippen LogP contribution in [0.3, 0.4) is 0 Å². The summed E-state index contributed by atoms with van der Waals surface area (Å²) in [5.41, 5.74) is 0.579. The molecular formula is C19H15F3N4OS. The zero-order chi connectivity index (χ0) is 20.1. The minimum absolute atomic E-state index is 0.0515. The zero-order valence-corrected chi connectivity index (χ0v) is 15.5. The van der Waals surface area contributed by atoms with Gasteiger partial charge in [0.05, 0.1) is 5.56 Å². The van der Waals surface area contributed by atoms with Gasteiger partial charge in [0, 0.05) is 24.3 Å². The zero-order valence-electron chi connectivity index (χ0n) is 14.7. The van der Waals surface area contributed by atoms with Crippen molar-refractivity contribution in [2.45, 2.75) is 17.8 Å². The quantitative estimate of drug-likeness (QED) is 0.503. The first kappa shape index (κ1) is 19.8. The predicted octanol–water partition coefficient (Wildman–Crippen LogP) is 4.46. The Morgan fingerprint density at radius 2 is 1.71 bits per heavy atom. The number of amides is 1. The van der Waals surface area contributed by atoms with Crippen LogP contribution in [-0.2, 0) is 12.6 Å². The molecule has 144 valence electrons. The van der Waals surface area contributed by atoms with Crippen LogP contribution in [0.2, 0.25) is 0 Å². The number of carbonyl (C=O) groups is 1. The minimum Gasteiger partial charge on any atom is -0.322 e. The van der Waals surface area contributed by atoms with Gasteiger partial charge in [-0.05, 0) is 48.1 Å². The van der Waals surface area contributed by atoms with Gasteiger partial charge in [-0.1, -0.05) is 23.9 Å². The van der Waals surface area contributed by atoms with Crippen LogP contribution < -0.4 is 5.32 Å². The molecule has 0 aliphatic heterocycles. The van der Waals surface area contributed by atoms with Crippen LogP contribution in [0, 0.1) is 0 Å². The lowest BCUT2D eigenvalue weighted by Gasteiger charge is -2.12. The lowest BCUT2D eigenvalue weighted by atomic mass is 10.1. The van der Waals surface area contributed by atoms with E-state index in [1.165, 1.54) is 0 Å². The summed E-state index contributed by atoms with van der Waals surface area (Å²) in [4.78, 5) is 23.5. The summed E-state index contributed by atoms with van der Waals surface area (Å²) < 4.78 is 39.7. The fraction of sp³-hybridized carbons (Fsp3) is 0.158. The van der Waals surface area contributed by atoms with E-state index >= 15 is 0 Å². The number of alkyl halides is 3. The van der Waals surface area contributed by atoms with Gasteiger partial charge in [-0.25, -0.2) is 9.97 Å². The average Bonchev–Trinajstić information content (AvgIpc) is 2.69. The number of aromatic nitrogens is 3. The maximum absolute atomic E-state index is 13.2. The third-order valence-corrected chi connectivity index (χ3v) is 4.39. The summed E-state index contributed by atoms with van der Waals surface area (Å²) in [5, 5.41) is 2.41. The Balaban J connectivity index is 1.76. The summed E-state index contributed by atoms with van der Waals surface area (Å²) in [5.74, 6) is -0.915. The lowest BCUT2D eigenvalue weighted by molar-refractivity contribution is -0.142. The van der Waals surface area contributed by atoms with Crippen molar-refractivity contribution in [3.8, 4) is 0 Å². The highest BCUT2D eigenvalue weighted by molar-refractivity contribution is 7.98. The molecule has 3 aromatic rings. The van der Waals surface area contributed by atoms with Gasteiger partial charge in [-0.15, -0.1) is 0 Å². The Bertz CT molecular complexity index is 963. The van der Waals surface area contributed by atoms with E-state index in [1.54, 1.807) is 42.9 Å². The molecule has 1 amide bonds. The Kier molecular flexibility index (Phi) is 5.93. The molecule has 0 atom stereocenters. The van der Waals surface area contributed by atoms with Crippen LogP contribution in [0.5, 0.6) is 0 Å². The highest BCUT2D eigenvalue weighted by Gasteiger charge is 2.38. The summed E-state index contributed by atoms with van der Waals surface area (Å²) in [6.45, 7) is 0. The van der Waals surface area contributed by atoms with Gasteiger partial charge >= 0.3 is 6.18 Å². The molecule has 3 rings (SSSR count). The van der Waals surface area contributed by atoms with Crippen LogP contribution in [-0.4, -0.2) is 27.1 Å². The van der Waals surface area contributed by atoms with Crippen LogP contribution in [0.4, 0.5) is 18.9 Å². The largest absolute Gasteiger partial charge is 0.434 e. The van der Waals surface area contributed by atoms with Crippen molar-refractivity contribution >= 4 is 23.4 Å². The SMILES string of the molecule is CSc1ncc(C(=O)Nc2ccc(Cc3ccncc3)cc2)c(C(F)(F)F)n1. The number of hydrogen-bond acceptors (Lipinski definition) is 5. The van der Waals surface area contributed by atoms with Gasteiger partial charge in [-0.3, -0.25) is 9.78 Å². The minimum atomic E-state index is -4.76. The average molecular weight is 404 g/mol. The topological polar surface area (TPSA) is 67.8 Å². The van der Waals surface area contributed by atoms with Crippen molar-refractivity contribution in [2.75, 3.05) is 11.6 Å². The van der Waals surface area contributed by atoms with E-state index in [1.807, 2.05) is 12.1 Å². The maximum Gasteiger partial charge on any atom is 0.434 e. The number of nitrogens with one attached hydrogen (secondary N) is 1. The molecule has 1 N–H and O–H groups in total. The van der Waals surface area contributed by atoms with E-state index in [0.29, 0.717) is 12.1 Å². The van der Waals surface area contributed by atoms with Crippen molar-refractivity contribution < 1.29 is 18.0 Å². The molecule has 0 fully saturated rings. The molecule has 0 bridgehead atoms. The highest BCUT2D eigenvalue weighted by Crippen LogP contribution is 2.31. The first-order chi connectivity index (χ1) is 13.4. The van der Waals surface area contributed by atoms with Gasteiger partial charge < -0.3 is 5.32 Å². The van der Waals surface area contributed by atoms with Crippen molar-refractivity contribution in [1.82, 2.24) is 15.0 Å². The van der Waals surface area contributed by atoms with Gasteiger partial charge in [0.15, 0.2) is 10.9 Å². The van der Waals surface area contributed by atoms with E-state index in [9.17, 15) is 18.0 Å². The van der Waals surface area contributed by atoms with Crippen molar-refractivity contribution in [3.05, 3.63) is 77.4 Å². The molecule has 9 heteroatoms. The molecule has 0 saturated carbocycles. The normalized spacial score (nSPS) is 11.3. The number of rotatable bonds is 5. The summed E-state index contributed by atoms with van der Waals surface area (Å²) in [6, 6.07) is 10.7. The third kappa shape index (κ3) is 4.86. The summed E-state index contributed by atoms with van der Waals surface area (Å²) in [7, 11) is 0. The lowest BCUT2D eigenvalue weighted by Crippen LogP contribution is -2.21. The molecule has 0 spiro atoms. The molecule has 0 aliphatic rings. The summed E-state index contributed by atoms with van der Waals surface area (Å²) >= 11 is 0.968. The molecule has 0 radical (unpaired) electrons. The molecule has 28 heavy (non-hydrogen) atoms. The number of halogens is 3. The maximum atomic E-state index is 13.2. The Morgan fingerprint density at radius 1 is 1.07 bits per heavy atom. The van der Waals surface area contributed by atoms with E-state index in [-0.39, 0.29) is 5.16 Å². The van der Waals surface area contributed by atoms with Crippen LogP contribution in [0.25, 0.3) is 0 Å². The van der Waals surface area contributed by atoms with Crippen LogP contribution in [0.1, 0.15) is 27.2 Å². The number of carbonyl (C=O) groups excluding carboxylic acids is 1. The number of anilines is 1. The smallest absolute Gasteiger partial charge is 0.322 e. The molecule has 2 aromatic heterocycles.